The molecule has 0 heterocycles. The van der Waals surface area contributed by atoms with E-state index in [2.05, 4.69) is 5.32 Å². The Morgan fingerprint density at radius 3 is 2.53 bits per heavy atom. The molecule has 2 amide bonds. The summed E-state index contributed by atoms with van der Waals surface area (Å²) in [6, 6.07) is -0.338. The van der Waals surface area contributed by atoms with Gasteiger partial charge in [0.15, 0.2) is 0 Å². The van der Waals surface area contributed by atoms with Crippen LogP contribution in [-0.2, 0) is 9.59 Å². The molecule has 3 atom stereocenters. The predicted octanol–water partition coefficient (Wildman–Crippen LogP) is 0.0968. The van der Waals surface area contributed by atoms with Crippen LogP contribution in [0, 0.1) is 5.92 Å². The molecule has 0 aromatic rings. The van der Waals surface area contributed by atoms with Gasteiger partial charge in [-0.3, -0.25) is 9.59 Å². The quantitative estimate of drug-likeness (QED) is 0.735. The lowest BCUT2D eigenvalue weighted by molar-refractivity contribution is -0.135. The van der Waals surface area contributed by atoms with Crippen LogP contribution < -0.4 is 11.1 Å². The van der Waals surface area contributed by atoms with E-state index in [0.717, 1.165) is 25.7 Å². The molecular formula is C12H23N3O2. The van der Waals surface area contributed by atoms with Gasteiger partial charge in [-0.2, -0.15) is 0 Å². The van der Waals surface area contributed by atoms with Crippen molar-refractivity contribution in [3.8, 4) is 0 Å². The van der Waals surface area contributed by atoms with Crippen molar-refractivity contribution in [1.82, 2.24) is 10.2 Å². The molecule has 0 aromatic carbocycles. The van der Waals surface area contributed by atoms with Gasteiger partial charge in [-0.05, 0) is 26.2 Å². The molecule has 0 bridgehead atoms. The molecule has 3 N–H and O–H groups in total. The van der Waals surface area contributed by atoms with E-state index in [4.69, 9.17) is 5.73 Å². The fourth-order valence-electron chi connectivity index (χ4n) is 2.25. The van der Waals surface area contributed by atoms with Crippen LogP contribution in [0.4, 0.5) is 0 Å². The Morgan fingerprint density at radius 1 is 1.35 bits per heavy atom. The molecule has 0 aromatic heterocycles. The van der Waals surface area contributed by atoms with Crippen molar-refractivity contribution in [1.29, 1.82) is 0 Å². The molecule has 1 saturated carbocycles. The summed E-state index contributed by atoms with van der Waals surface area (Å²) in [5.74, 6) is -0.155. The van der Waals surface area contributed by atoms with E-state index in [9.17, 15) is 9.59 Å². The second-order valence-electron chi connectivity index (χ2n) is 5.09. The summed E-state index contributed by atoms with van der Waals surface area (Å²) >= 11 is 0. The van der Waals surface area contributed by atoms with Crippen molar-refractivity contribution in [2.24, 2.45) is 11.7 Å². The highest BCUT2D eigenvalue weighted by Gasteiger charge is 2.27. The molecule has 98 valence electrons. The molecular weight excluding hydrogens is 218 g/mol. The minimum absolute atomic E-state index is 0.0313. The number of amides is 2. The molecule has 1 aliphatic carbocycles. The predicted molar refractivity (Wildman–Crippen MR) is 66.2 cm³/mol. The van der Waals surface area contributed by atoms with Crippen molar-refractivity contribution >= 4 is 11.8 Å². The van der Waals surface area contributed by atoms with Gasteiger partial charge in [0.05, 0.1) is 0 Å². The molecule has 0 saturated heterocycles. The third-order valence-corrected chi connectivity index (χ3v) is 3.26. The summed E-state index contributed by atoms with van der Waals surface area (Å²) in [7, 11) is 3.36. The molecule has 5 heteroatoms. The Morgan fingerprint density at radius 2 is 2.00 bits per heavy atom. The van der Waals surface area contributed by atoms with Crippen LogP contribution in [0.5, 0.6) is 0 Å². The maximum atomic E-state index is 11.9. The number of carbonyl (C=O) groups is 2. The zero-order valence-corrected chi connectivity index (χ0v) is 10.9. The van der Waals surface area contributed by atoms with Crippen molar-refractivity contribution in [3.63, 3.8) is 0 Å². The van der Waals surface area contributed by atoms with Gasteiger partial charge in [-0.1, -0.05) is 6.42 Å². The van der Waals surface area contributed by atoms with Gasteiger partial charge in [-0.25, -0.2) is 0 Å². The molecule has 0 radical (unpaired) electrons. The maximum Gasteiger partial charge on any atom is 0.244 e. The van der Waals surface area contributed by atoms with Crippen LogP contribution in [0.3, 0.4) is 0 Å². The molecule has 0 spiro atoms. The van der Waals surface area contributed by atoms with Crippen molar-refractivity contribution in [2.45, 2.75) is 44.7 Å². The van der Waals surface area contributed by atoms with Crippen molar-refractivity contribution in [3.05, 3.63) is 0 Å². The third-order valence-electron chi connectivity index (χ3n) is 3.26. The van der Waals surface area contributed by atoms with Gasteiger partial charge in [-0.15, -0.1) is 0 Å². The van der Waals surface area contributed by atoms with Gasteiger partial charge in [0, 0.05) is 26.1 Å². The number of hydrogen-bond donors (Lipinski definition) is 2. The van der Waals surface area contributed by atoms with Crippen LogP contribution in [-0.4, -0.2) is 42.9 Å². The number of rotatable bonds is 3. The number of carbonyl (C=O) groups excluding carboxylic acids is 2. The first-order valence-corrected chi connectivity index (χ1v) is 6.19. The first kappa shape index (κ1) is 14.0. The summed E-state index contributed by atoms with van der Waals surface area (Å²) in [6.07, 6.45) is 3.60. The second-order valence-corrected chi connectivity index (χ2v) is 5.09. The SMILES string of the molecule is CC(NC(=O)C1CCCC(N)C1)C(=O)N(C)C. The number of nitrogens with zero attached hydrogens (tertiary/aromatic N) is 1. The van der Waals surface area contributed by atoms with E-state index in [1.807, 2.05) is 0 Å². The Labute approximate surface area is 103 Å². The zero-order valence-electron chi connectivity index (χ0n) is 10.9. The summed E-state index contributed by atoms with van der Waals surface area (Å²) in [5.41, 5.74) is 5.85. The zero-order chi connectivity index (χ0) is 13.0. The van der Waals surface area contributed by atoms with E-state index in [0.29, 0.717) is 0 Å². The minimum Gasteiger partial charge on any atom is -0.347 e. The number of nitrogens with one attached hydrogen (secondary N) is 1. The average molecular weight is 241 g/mol. The second kappa shape index (κ2) is 6.00. The van der Waals surface area contributed by atoms with Crippen LogP contribution in [0.1, 0.15) is 32.6 Å². The molecule has 5 nitrogen and oxygen atoms in total. The summed E-state index contributed by atoms with van der Waals surface area (Å²) in [5, 5.41) is 2.77. The minimum atomic E-state index is -0.462. The number of likely N-dealkylation sites (N-methyl/N-ethyl adjacent to an activating group) is 1. The molecule has 1 fully saturated rings. The normalized spacial score (nSPS) is 26.1. The summed E-state index contributed by atoms with van der Waals surface area (Å²) < 4.78 is 0. The van der Waals surface area contributed by atoms with Gasteiger partial charge in [0.25, 0.3) is 0 Å². The van der Waals surface area contributed by atoms with E-state index in [-0.39, 0.29) is 23.8 Å². The number of hydrogen-bond acceptors (Lipinski definition) is 3. The fourth-order valence-corrected chi connectivity index (χ4v) is 2.25. The number of nitrogens with two attached hydrogens (primary N) is 1. The molecule has 1 rings (SSSR count). The lowest BCUT2D eigenvalue weighted by Gasteiger charge is -2.27. The van der Waals surface area contributed by atoms with Crippen LogP contribution in [0.2, 0.25) is 0 Å². The Kier molecular flexibility index (Phi) is 4.93. The fraction of sp³-hybridized carbons (Fsp3) is 0.833. The van der Waals surface area contributed by atoms with Crippen molar-refractivity contribution < 1.29 is 9.59 Å². The Bertz CT molecular complexity index is 291. The highest BCUT2D eigenvalue weighted by Crippen LogP contribution is 2.23. The van der Waals surface area contributed by atoms with Crippen LogP contribution >= 0.6 is 0 Å². The highest BCUT2D eigenvalue weighted by atomic mass is 16.2. The highest BCUT2D eigenvalue weighted by molar-refractivity contribution is 5.88. The molecule has 1 aliphatic rings. The maximum absolute atomic E-state index is 11.9. The standard InChI is InChI=1S/C12H23N3O2/c1-8(12(17)15(2)3)14-11(16)9-5-4-6-10(13)7-9/h8-10H,4-7,13H2,1-3H3,(H,14,16). The van der Waals surface area contributed by atoms with Crippen LogP contribution in [0.15, 0.2) is 0 Å². The smallest absolute Gasteiger partial charge is 0.244 e. The van der Waals surface area contributed by atoms with E-state index in [1.165, 1.54) is 4.90 Å². The van der Waals surface area contributed by atoms with Gasteiger partial charge >= 0.3 is 0 Å². The van der Waals surface area contributed by atoms with Crippen molar-refractivity contribution in [2.75, 3.05) is 14.1 Å². The Balaban J connectivity index is 2.45. The first-order chi connectivity index (χ1) is 7.91. The summed E-state index contributed by atoms with van der Waals surface area (Å²) in [6.45, 7) is 1.71. The lowest BCUT2D eigenvalue weighted by Crippen LogP contribution is -2.47. The lowest BCUT2D eigenvalue weighted by atomic mass is 9.85. The van der Waals surface area contributed by atoms with Gasteiger partial charge < -0.3 is 16.0 Å². The van der Waals surface area contributed by atoms with E-state index < -0.39 is 6.04 Å². The third kappa shape index (κ3) is 4.00. The average Bonchev–Trinajstić information content (AvgIpc) is 2.27. The molecule has 17 heavy (non-hydrogen) atoms. The van der Waals surface area contributed by atoms with E-state index in [1.54, 1.807) is 21.0 Å². The monoisotopic (exact) mass is 241 g/mol. The van der Waals surface area contributed by atoms with Gasteiger partial charge in [0.2, 0.25) is 11.8 Å². The largest absolute Gasteiger partial charge is 0.347 e. The molecule has 3 unspecified atom stereocenters. The first-order valence-electron chi connectivity index (χ1n) is 6.19. The van der Waals surface area contributed by atoms with Gasteiger partial charge in [0.1, 0.15) is 6.04 Å². The van der Waals surface area contributed by atoms with E-state index >= 15 is 0 Å². The summed E-state index contributed by atoms with van der Waals surface area (Å²) in [4.78, 5) is 25.0. The topological polar surface area (TPSA) is 75.4 Å². The van der Waals surface area contributed by atoms with Crippen LogP contribution in [0.25, 0.3) is 0 Å². The molecule has 0 aliphatic heterocycles. The Hall–Kier alpha value is -1.10.